The fourth-order valence-corrected chi connectivity index (χ4v) is 3.23. The molecule has 0 aliphatic rings. The molecule has 0 saturated heterocycles. The zero-order valence-corrected chi connectivity index (χ0v) is 15.7. The second-order valence-electron chi connectivity index (χ2n) is 6.03. The highest BCUT2D eigenvalue weighted by Gasteiger charge is 2.18. The van der Waals surface area contributed by atoms with E-state index in [1.807, 2.05) is 61.7 Å². The minimum atomic E-state index is -0.306. The zero-order chi connectivity index (χ0) is 18.1. The third-order valence-electron chi connectivity index (χ3n) is 4.17. The van der Waals surface area contributed by atoms with Gasteiger partial charge < -0.3 is 9.73 Å². The van der Waals surface area contributed by atoms with Crippen molar-refractivity contribution in [1.82, 2.24) is 9.78 Å². The van der Waals surface area contributed by atoms with Gasteiger partial charge in [-0.05, 0) is 30.7 Å². The Kier molecular flexibility index (Phi) is 4.34. The third kappa shape index (κ3) is 3.28. The van der Waals surface area contributed by atoms with E-state index in [-0.39, 0.29) is 5.91 Å². The van der Waals surface area contributed by atoms with E-state index >= 15 is 0 Å². The number of carbonyl (C=O) groups excluding carboxylic acids is 1. The summed E-state index contributed by atoms with van der Waals surface area (Å²) >= 11 is 3.44. The normalized spacial score (nSPS) is 11.0. The van der Waals surface area contributed by atoms with Crippen molar-refractivity contribution >= 4 is 38.6 Å². The highest BCUT2D eigenvalue weighted by molar-refractivity contribution is 9.10. The van der Waals surface area contributed by atoms with Crippen LogP contribution in [0.25, 0.3) is 11.0 Å². The lowest BCUT2D eigenvalue weighted by Crippen LogP contribution is -2.13. The molecule has 0 bridgehead atoms. The third-order valence-corrected chi connectivity index (χ3v) is 4.67. The summed E-state index contributed by atoms with van der Waals surface area (Å²) in [5.41, 5.74) is 2.64. The molecule has 1 amide bonds. The molecule has 4 rings (SSSR count). The molecule has 0 spiro atoms. The number of carbonyl (C=O) groups is 1. The topological polar surface area (TPSA) is 60.1 Å². The van der Waals surface area contributed by atoms with Gasteiger partial charge in [0.15, 0.2) is 11.6 Å². The Morgan fingerprint density at radius 2 is 2.00 bits per heavy atom. The van der Waals surface area contributed by atoms with Gasteiger partial charge in [-0.15, -0.1) is 0 Å². The first-order valence-corrected chi connectivity index (χ1v) is 8.97. The summed E-state index contributed by atoms with van der Waals surface area (Å²) in [6.45, 7) is 2.52. The number of amides is 1. The molecule has 0 atom stereocenters. The standard InChI is InChI=1S/C20H16BrN3O2/c1-13-16-11-15(21)7-8-17(16)26-19(13)20(25)22-18-9-10-24(23-18)12-14-5-3-2-4-6-14/h2-11H,12H2,1H3,(H,22,23,25). The van der Waals surface area contributed by atoms with Gasteiger partial charge in [0.1, 0.15) is 5.58 Å². The van der Waals surface area contributed by atoms with Crippen molar-refractivity contribution in [2.24, 2.45) is 0 Å². The summed E-state index contributed by atoms with van der Waals surface area (Å²) in [7, 11) is 0. The number of rotatable bonds is 4. The zero-order valence-electron chi connectivity index (χ0n) is 14.1. The van der Waals surface area contributed by atoms with Crippen LogP contribution in [0.2, 0.25) is 0 Å². The summed E-state index contributed by atoms with van der Waals surface area (Å²) in [6.07, 6.45) is 1.84. The van der Waals surface area contributed by atoms with E-state index < -0.39 is 0 Å². The van der Waals surface area contributed by atoms with E-state index in [1.165, 1.54) is 0 Å². The summed E-state index contributed by atoms with van der Waals surface area (Å²) in [4.78, 5) is 12.6. The number of nitrogens with one attached hydrogen (secondary N) is 1. The van der Waals surface area contributed by atoms with Crippen molar-refractivity contribution in [2.45, 2.75) is 13.5 Å². The van der Waals surface area contributed by atoms with Crippen LogP contribution >= 0.6 is 15.9 Å². The number of nitrogens with zero attached hydrogens (tertiary/aromatic N) is 2. The number of aromatic nitrogens is 2. The molecule has 5 nitrogen and oxygen atoms in total. The number of aryl methyl sites for hydroxylation is 1. The van der Waals surface area contributed by atoms with Gasteiger partial charge in [-0.1, -0.05) is 46.3 Å². The van der Waals surface area contributed by atoms with E-state index in [4.69, 9.17) is 4.42 Å². The van der Waals surface area contributed by atoms with Gasteiger partial charge in [-0.25, -0.2) is 0 Å². The average Bonchev–Trinajstić information content (AvgIpc) is 3.20. The Morgan fingerprint density at radius 3 is 2.81 bits per heavy atom. The predicted molar refractivity (Wildman–Crippen MR) is 104 cm³/mol. The molecule has 2 heterocycles. The minimum Gasteiger partial charge on any atom is -0.451 e. The molecular weight excluding hydrogens is 394 g/mol. The summed E-state index contributed by atoms with van der Waals surface area (Å²) in [6, 6.07) is 17.5. The first-order valence-electron chi connectivity index (χ1n) is 8.17. The molecule has 0 aliphatic heterocycles. The molecule has 6 heteroatoms. The van der Waals surface area contributed by atoms with Gasteiger partial charge in [0, 0.05) is 27.7 Å². The van der Waals surface area contributed by atoms with Crippen LogP contribution in [0, 0.1) is 6.92 Å². The van der Waals surface area contributed by atoms with Gasteiger partial charge in [0.05, 0.1) is 6.54 Å². The smallest absolute Gasteiger partial charge is 0.292 e. The molecule has 1 N–H and O–H groups in total. The summed E-state index contributed by atoms with van der Waals surface area (Å²) in [5.74, 6) is 0.488. The number of halogens is 1. The Morgan fingerprint density at radius 1 is 1.19 bits per heavy atom. The van der Waals surface area contributed by atoms with Gasteiger partial charge in [0.25, 0.3) is 5.91 Å². The largest absolute Gasteiger partial charge is 0.451 e. The van der Waals surface area contributed by atoms with Crippen LogP contribution in [0.4, 0.5) is 5.82 Å². The monoisotopic (exact) mass is 409 g/mol. The highest BCUT2D eigenvalue weighted by Crippen LogP contribution is 2.28. The van der Waals surface area contributed by atoms with Gasteiger partial charge in [0.2, 0.25) is 0 Å². The van der Waals surface area contributed by atoms with Crippen molar-refractivity contribution in [3.05, 3.63) is 82.2 Å². The molecule has 2 aromatic heterocycles. The number of hydrogen-bond donors (Lipinski definition) is 1. The van der Waals surface area contributed by atoms with Crippen molar-refractivity contribution in [2.75, 3.05) is 5.32 Å². The Balaban J connectivity index is 1.53. The summed E-state index contributed by atoms with van der Waals surface area (Å²) < 4.78 is 8.45. The molecular formula is C20H16BrN3O2. The SMILES string of the molecule is Cc1c(C(=O)Nc2ccn(Cc3ccccc3)n2)oc2ccc(Br)cc12. The van der Waals surface area contributed by atoms with Crippen molar-refractivity contribution in [3.63, 3.8) is 0 Å². The molecule has 26 heavy (non-hydrogen) atoms. The van der Waals surface area contributed by atoms with Crippen LogP contribution in [0.15, 0.2) is 69.7 Å². The van der Waals surface area contributed by atoms with Gasteiger partial charge >= 0.3 is 0 Å². The lowest BCUT2D eigenvalue weighted by atomic mass is 10.1. The first kappa shape index (κ1) is 16.6. The lowest BCUT2D eigenvalue weighted by Gasteiger charge is -2.02. The van der Waals surface area contributed by atoms with E-state index in [0.29, 0.717) is 23.7 Å². The van der Waals surface area contributed by atoms with Crippen LogP contribution in [-0.4, -0.2) is 15.7 Å². The van der Waals surface area contributed by atoms with Crippen molar-refractivity contribution < 1.29 is 9.21 Å². The van der Waals surface area contributed by atoms with E-state index in [9.17, 15) is 4.79 Å². The quantitative estimate of drug-likeness (QED) is 0.515. The van der Waals surface area contributed by atoms with Crippen LogP contribution in [0.5, 0.6) is 0 Å². The Bertz CT molecular complexity index is 1080. The van der Waals surface area contributed by atoms with Crippen LogP contribution in [0.3, 0.4) is 0 Å². The maximum absolute atomic E-state index is 12.6. The Labute approximate surface area is 158 Å². The van der Waals surface area contributed by atoms with E-state index in [2.05, 4.69) is 26.3 Å². The maximum atomic E-state index is 12.6. The van der Waals surface area contributed by atoms with Crippen LogP contribution in [-0.2, 0) is 6.54 Å². The van der Waals surface area contributed by atoms with Crippen LogP contribution < -0.4 is 5.32 Å². The van der Waals surface area contributed by atoms with Gasteiger partial charge in [-0.3, -0.25) is 9.48 Å². The van der Waals surface area contributed by atoms with E-state index in [0.717, 1.165) is 21.0 Å². The summed E-state index contributed by atoms with van der Waals surface area (Å²) in [5, 5.41) is 8.12. The minimum absolute atomic E-state index is 0.302. The molecule has 0 unspecified atom stereocenters. The number of hydrogen-bond acceptors (Lipinski definition) is 3. The molecule has 0 fully saturated rings. The molecule has 0 radical (unpaired) electrons. The molecule has 130 valence electrons. The van der Waals surface area contributed by atoms with E-state index in [1.54, 1.807) is 10.7 Å². The number of anilines is 1. The number of benzene rings is 2. The fourth-order valence-electron chi connectivity index (χ4n) is 2.87. The van der Waals surface area contributed by atoms with Gasteiger partial charge in [-0.2, -0.15) is 5.10 Å². The molecule has 2 aromatic carbocycles. The fraction of sp³-hybridized carbons (Fsp3) is 0.100. The number of furan rings is 1. The Hall–Kier alpha value is -2.86. The van der Waals surface area contributed by atoms with Crippen LogP contribution in [0.1, 0.15) is 21.7 Å². The van der Waals surface area contributed by atoms with Crippen molar-refractivity contribution in [3.8, 4) is 0 Å². The predicted octanol–water partition coefficient (Wildman–Crippen LogP) is 5.00. The lowest BCUT2D eigenvalue weighted by molar-refractivity contribution is 0.0997. The molecule has 0 saturated carbocycles. The second-order valence-corrected chi connectivity index (χ2v) is 6.95. The average molecular weight is 410 g/mol. The number of fused-ring (bicyclic) bond motifs is 1. The molecule has 0 aliphatic carbocycles. The van der Waals surface area contributed by atoms with Crippen molar-refractivity contribution in [1.29, 1.82) is 0 Å². The highest BCUT2D eigenvalue weighted by atomic mass is 79.9. The first-order chi connectivity index (χ1) is 12.6. The maximum Gasteiger partial charge on any atom is 0.292 e. The molecule has 4 aromatic rings. The second kappa shape index (κ2) is 6.80.